The van der Waals surface area contributed by atoms with E-state index in [2.05, 4.69) is 38.1 Å². The number of benzene rings is 2. The fourth-order valence-electron chi connectivity index (χ4n) is 2.80. The second-order valence-corrected chi connectivity index (χ2v) is 6.39. The van der Waals surface area contributed by atoms with Gasteiger partial charge in [-0.3, -0.25) is 15.2 Å². The number of carbonyl (C=O) groups excluding carboxylic acids is 1. The summed E-state index contributed by atoms with van der Waals surface area (Å²) in [4.78, 5) is 20.2. The summed E-state index contributed by atoms with van der Waals surface area (Å²) in [5.74, 6) is 0.669. The zero-order valence-corrected chi connectivity index (χ0v) is 16.0. The van der Waals surface area contributed by atoms with Crippen molar-refractivity contribution in [2.75, 3.05) is 12.0 Å². The molecule has 4 aromatic rings. The number of ether oxygens (including phenoxy) is 1. The quantitative estimate of drug-likeness (QED) is 0.437. The smallest absolute Gasteiger partial charge is 0.340 e. The minimum Gasteiger partial charge on any atom is -0.483 e. The molecule has 30 heavy (non-hydrogen) atoms. The number of nitrogens with one attached hydrogen (secondary N) is 2. The van der Waals surface area contributed by atoms with E-state index in [0.29, 0.717) is 11.6 Å². The first kappa shape index (κ1) is 19.1. The number of anilines is 1. The van der Waals surface area contributed by atoms with Crippen LogP contribution in [-0.2, 0) is 11.2 Å². The molecule has 0 radical (unpaired) electrons. The van der Waals surface area contributed by atoms with Crippen LogP contribution < -0.4 is 15.6 Å². The first-order valence-electron chi connectivity index (χ1n) is 9.31. The Morgan fingerprint density at radius 3 is 2.57 bits per heavy atom. The van der Waals surface area contributed by atoms with Crippen LogP contribution in [0.25, 0.3) is 11.4 Å². The molecule has 8 nitrogen and oxygen atoms in total. The number of hydrogen-bond donors (Lipinski definition) is 2. The van der Waals surface area contributed by atoms with Gasteiger partial charge in [-0.15, -0.1) is 0 Å². The average molecular weight is 401 g/mol. The third-order valence-corrected chi connectivity index (χ3v) is 4.24. The van der Waals surface area contributed by atoms with E-state index in [-0.39, 0.29) is 18.5 Å². The highest BCUT2D eigenvalue weighted by molar-refractivity contribution is 5.78. The molecule has 0 aliphatic rings. The summed E-state index contributed by atoms with van der Waals surface area (Å²) in [7, 11) is 0. The van der Waals surface area contributed by atoms with Crippen molar-refractivity contribution < 1.29 is 14.1 Å². The SMILES string of the molecule is O=C(COc1ccccc1Cc1ccccc1)NNc1nc(-c2ccncc2)no1. The lowest BCUT2D eigenvalue weighted by Crippen LogP contribution is -2.33. The number of hydrazine groups is 1. The van der Waals surface area contributed by atoms with Crippen LogP contribution in [0.2, 0.25) is 0 Å². The summed E-state index contributed by atoms with van der Waals surface area (Å²) >= 11 is 0. The largest absolute Gasteiger partial charge is 0.483 e. The van der Waals surface area contributed by atoms with Crippen LogP contribution in [0.1, 0.15) is 11.1 Å². The number of carbonyl (C=O) groups is 1. The molecule has 0 atom stereocenters. The minimum absolute atomic E-state index is 0.0691. The fraction of sp³-hybridized carbons (Fsp3) is 0.0909. The molecule has 2 N–H and O–H groups in total. The molecular weight excluding hydrogens is 382 g/mol. The first-order valence-corrected chi connectivity index (χ1v) is 9.31. The Labute approximate surface area is 172 Å². The molecule has 0 saturated carbocycles. The number of rotatable bonds is 8. The van der Waals surface area contributed by atoms with E-state index >= 15 is 0 Å². The Kier molecular flexibility index (Phi) is 5.95. The molecule has 0 saturated heterocycles. The summed E-state index contributed by atoms with van der Waals surface area (Å²) in [6.07, 6.45) is 3.98. The summed E-state index contributed by atoms with van der Waals surface area (Å²) in [5.41, 5.74) is 8.00. The molecular formula is C22H19N5O3. The number of hydrogen-bond acceptors (Lipinski definition) is 7. The van der Waals surface area contributed by atoms with Crippen molar-refractivity contribution in [2.24, 2.45) is 0 Å². The Balaban J connectivity index is 1.30. The molecule has 0 unspecified atom stereocenters. The zero-order chi connectivity index (χ0) is 20.6. The van der Waals surface area contributed by atoms with E-state index < -0.39 is 0 Å². The highest BCUT2D eigenvalue weighted by atomic mass is 16.5. The van der Waals surface area contributed by atoms with Crippen molar-refractivity contribution >= 4 is 11.9 Å². The van der Waals surface area contributed by atoms with Gasteiger partial charge in [-0.25, -0.2) is 5.43 Å². The van der Waals surface area contributed by atoms with Gasteiger partial charge in [0.25, 0.3) is 5.91 Å². The van der Waals surface area contributed by atoms with E-state index in [1.54, 1.807) is 24.5 Å². The molecule has 0 fully saturated rings. The summed E-state index contributed by atoms with van der Waals surface area (Å²) in [5, 5.41) is 3.85. The lowest BCUT2D eigenvalue weighted by Gasteiger charge is -2.11. The Morgan fingerprint density at radius 1 is 0.967 bits per heavy atom. The molecule has 4 rings (SSSR count). The molecule has 2 aromatic carbocycles. The van der Waals surface area contributed by atoms with Gasteiger partial charge in [0.15, 0.2) is 6.61 Å². The molecule has 0 bridgehead atoms. The first-order chi connectivity index (χ1) is 14.8. The molecule has 150 valence electrons. The van der Waals surface area contributed by atoms with Crippen LogP contribution in [0.3, 0.4) is 0 Å². The van der Waals surface area contributed by atoms with Crippen molar-refractivity contribution in [1.82, 2.24) is 20.6 Å². The molecule has 8 heteroatoms. The maximum absolute atomic E-state index is 12.1. The molecule has 0 aliphatic heterocycles. The van der Waals surface area contributed by atoms with Crippen LogP contribution in [-0.4, -0.2) is 27.6 Å². The summed E-state index contributed by atoms with van der Waals surface area (Å²) in [6, 6.07) is 21.3. The van der Waals surface area contributed by atoms with Gasteiger partial charge in [-0.2, -0.15) is 4.98 Å². The van der Waals surface area contributed by atoms with Gasteiger partial charge >= 0.3 is 6.01 Å². The third kappa shape index (κ3) is 4.99. The van der Waals surface area contributed by atoms with Gasteiger partial charge in [0, 0.05) is 24.4 Å². The summed E-state index contributed by atoms with van der Waals surface area (Å²) in [6.45, 7) is -0.163. The van der Waals surface area contributed by atoms with E-state index in [9.17, 15) is 4.79 Å². The standard InChI is InChI=1S/C22H19N5O3/c28-20(25-26-22-24-21(27-30-22)17-10-12-23-13-11-17)15-29-19-9-5-4-8-18(19)14-16-6-2-1-3-7-16/h1-13H,14-15H2,(H,25,28)(H,24,26,27). The second-order valence-electron chi connectivity index (χ2n) is 6.39. The third-order valence-electron chi connectivity index (χ3n) is 4.24. The fourth-order valence-corrected chi connectivity index (χ4v) is 2.80. The van der Waals surface area contributed by atoms with Gasteiger partial charge < -0.3 is 9.26 Å². The van der Waals surface area contributed by atoms with Crippen molar-refractivity contribution in [3.05, 3.63) is 90.3 Å². The lowest BCUT2D eigenvalue weighted by atomic mass is 10.0. The maximum atomic E-state index is 12.1. The van der Waals surface area contributed by atoms with Gasteiger partial charge in [-0.05, 0) is 29.3 Å². The molecule has 0 aliphatic carbocycles. The number of pyridine rings is 1. The molecule has 0 spiro atoms. The van der Waals surface area contributed by atoms with Crippen LogP contribution >= 0.6 is 0 Å². The van der Waals surface area contributed by atoms with Gasteiger partial charge in [0.2, 0.25) is 5.82 Å². The lowest BCUT2D eigenvalue weighted by molar-refractivity contribution is -0.122. The van der Waals surface area contributed by atoms with Crippen LogP contribution in [0.5, 0.6) is 5.75 Å². The second kappa shape index (κ2) is 9.33. The Bertz CT molecular complexity index is 1100. The molecule has 2 aromatic heterocycles. The van der Waals surface area contributed by atoms with Crippen molar-refractivity contribution in [3.8, 4) is 17.1 Å². The predicted octanol–water partition coefficient (Wildman–Crippen LogP) is 3.24. The van der Waals surface area contributed by atoms with Crippen molar-refractivity contribution in [1.29, 1.82) is 0 Å². The van der Waals surface area contributed by atoms with Crippen LogP contribution in [0, 0.1) is 0 Å². The zero-order valence-electron chi connectivity index (χ0n) is 16.0. The highest BCUT2D eigenvalue weighted by Crippen LogP contribution is 2.21. The normalized spacial score (nSPS) is 10.4. The van der Waals surface area contributed by atoms with Crippen molar-refractivity contribution in [3.63, 3.8) is 0 Å². The number of para-hydroxylation sites is 1. The van der Waals surface area contributed by atoms with Crippen LogP contribution in [0.15, 0.2) is 83.6 Å². The average Bonchev–Trinajstić information content (AvgIpc) is 3.28. The topological polar surface area (TPSA) is 102 Å². The van der Waals surface area contributed by atoms with E-state index in [1.165, 1.54) is 5.56 Å². The van der Waals surface area contributed by atoms with Gasteiger partial charge in [0.1, 0.15) is 5.75 Å². The maximum Gasteiger partial charge on any atom is 0.340 e. The number of amides is 1. The number of nitrogens with zero attached hydrogens (tertiary/aromatic N) is 3. The monoisotopic (exact) mass is 401 g/mol. The molecule has 2 heterocycles. The highest BCUT2D eigenvalue weighted by Gasteiger charge is 2.11. The molecule has 1 amide bonds. The van der Waals surface area contributed by atoms with Crippen molar-refractivity contribution in [2.45, 2.75) is 6.42 Å². The Morgan fingerprint density at radius 2 is 1.73 bits per heavy atom. The van der Waals surface area contributed by atoms with Crippen LogP contribution in [0.4, 0.5) is 6.01 Å². The predicted molar refractivity (Wildman–Crippen MR) is 110 cm³/mol. The summed E-state index contributed by atoms with van der Waals surface area (Å²) < 4.78 is 10.8. The van der Waals surface area contributed by atoms with Gasteiger partial charge in [-0.1, -0.05) is 53.7 Å². The van der Waals surface area contributed by atoms with E-state index in [1.807, 2.05) is 42.5 Å². The van der Waals surface area contributed by atoms with E-state index in [4.69, 9.17) is 9.26 Å². The van der Waals surface area contributed by atoms with Gasteiger partial charge in [0.05, 0.1) is 0 Å². The van der Waals surface area contributed by atoms with E-state index in [0.717, 1.165) is 17.5 Å². The minimum atomic E-state index is -0.381. The number of aromatic nitrogens is 3. The Hall–Kier alpha value is -4.20.